The number of carboxylic acids is 1. The lowest BCUT2D eigenvalue weighted by molar-refractivity contribution is 0.0700. The lowest BCUT2D eigenvalue weighted by atomic mass is 10.2. The summed E-state index contributed by atoms with van der Waals surface area (Å²) in [6.45, 7) is 0.649. The van der Waals surface area contributed by atoms with Crippen LogP contribution in [0.1, 0.15) is 44.1 Å². The zero-order valence-electron chi connectivity index (χ0n) is 11.4. The Labute approximate surface area is 124 Å². The van der Waals surface area contributed by atoms with Crippen LogP contribution in [0.3, 0.4) is 0 Å². The van der Waals surface area contributed by atoms with E-state index in [1.165, 1.54) is 6.07 Å². The van der Waals surface area contributed by atoms with Gasteiger partial charge in [0.25, 0.3) is 5.91 Å². The fourth-order valence-corrected chi connectivity index (χ4v) is 3.38. The first-order valence-corrected chi connectivity index (χ1v) is 7.37. The number of likely N-dealkylation sites (tertiary alicyclic amines) is 1. The number of carbonyl (C=O) groups excluding carboxylic acids is 1. The van der Waals surface area contributed by atoms with Crippen LogP contribution in [0.25, 0.3) is 0 Å². The van der Waals surface area contributed by atoms with Gasteiger partial charge in [-0.25, -0.2) is 4.79 Å². The fraction of sp³-hybridized carbons (Fsp3) is 0.385. The predicted molar refractivity (Wildman–Crippen MR) is 75.3 cm³/mol. The summed E-state index contributed by atoms with van der Waals surface area (Å²) in [6, 6.07) is 2.94. The largest absolute Gasteiger partial charge is 0.477 e. The SMILES string of the molecule is Cn1cnnc1C1CCCN1C(=O)c1ccc(C(=O)O)s1. The first-order valence-electron chi connectivity index (χ1n) is 6.56. The van der Waals surface area contributed by atoms with E-state index >= 15 is 0 Å². The van der Waals surface area contributed by atoms with E-state index in [-0.39, 0.29) is 16.8 Å². The molecule has 110 valence electrons. The minimum absolute atomic E-state index is 0.0969. The number of aromatic nitrogens is 3. The van der Waals surface area contributed by atoms with Gasteiger partial charge in [-0.2, -0.15) is 0 Å². The molecule has 0 spiro atoms. The Morgan fingerprint density at radius 2 is 2.14 bits per heavy atom. The molecule has 2 aromatic rings. The number of aromatic carboxylic acids is 1. The molecule has 0 saturated carbocycles. The van der Waals surface area contributed by atoms with Crippen LogP contribution in [0.2, 0.25) is 0 Å². The van der Waals surface area contributed by atoms with Crippen LogP contribution in [-0.2, 0) is 7.05 Å². The number of carbonyl (C=O) groups is 2. The molecule has 1 N–H and O–H groups in total. The maximum absolute atomic E-state index is 12.6. The number of rotatable bonds is 3. The van der Waals surface area contributed by atoms with Crippen molar-refractivity contribution in [2.45, 2.75) is 18.9 Å². The van der Waals surface area contributed by atoms with Gasteiger partial charge < -0.3 is 14.6 Å². The van der Waals surface area contributed by atoms with Crippen molar-refractivity contribution >= 4 is 23.2 Å². The molecule has 1 saturated heterocycles. The van der Waals surface area contributed by atoms with Crippen LogP contribution in [-0.4, -0.2) is 43.2 Å². The van der Waals surface area contributed by atoms with E-state index < -0.39 is 5.97 Å². The lowest BCUT2D eigenvalue weighted by Crippen LogP contribution is -2.31. The first-order chi connectivity index (χ1) is 10.1. The van der Waals surface area contributed by atoms with Crippen LogP contribution in [0, 0.1) is 0 Å². The third kappa shape index (κ3) is 2.42. The summed E-state index contributed by atoms with van der Waals surface area (Å²) in [7, 11) is 1.85. The average Bonchev–Trinajstić information content (AvgIpc) is 3.17. The summed E-state index contributed by atoms with van der Waals surface area (Å²) in [5, 5.41) is 16.9. The molecule has 0 aromatic carbocycles. The Morgan fingerprint density at radius 3 is 2.76 bits per heavy atom. The second-order valence-electron chi connectivity index (χ2n) is 4.93. The highest BCUT2D eigenvalue weighted by Crippen LogP contribution is 2.32. The van der Waals surface area contributed by atoms with Gasteiger partial charge in [-0.1, -0.05) is 0 Å². The third-order valence-electron chi connectivity index (χ3n) is 3.59. The highest BCUT2D eigenvalue weighted by atomic mass is 32.1. The normalized spacial score (nSPS) is 18.1. The van der Waals surface area contributed by atoms with Gasteiger partial charge in [-0.15, -0.1) is 21.5 Å². The van der Waals surface area contributed by atoms with Gasteiger partial charge in [0, 0.05) is 13.6 Å². The van der Waals surface area contributed by atoms with Crippen LogP contribution in [0.15, 0.2) is 18.5 Å². The molecule has 1 unspecified atom stereocenters. The lowest BCUT2D eigenvalue weighted by Gasteiger charge is -2.23. The topological polar surface area (TPSA) is 88.3 Å². The molecule has 3 heterocycles. The second kappa shape index (κ2) is 5.28. The van der Waals surface area contributed by atoms with E-state index in [1.807, 2.05) is 11.6 Å². The molecule has 8 heteroatoms. The molecule has 0 bridgehead atoms. The highest BCUT2D eigenvalue weighted by Gasteiger charge is 2.34. The molecule has 21 heavy (non-hydrogen) atoms. The molecule has 7 nitrogen and oxygen atoms in total. The minimum Gasteiger partial charge on any atom is -0.477 e. The maximum atomic E-state index is 12.6. The van der Waals surface area contributed by atoms with E-state index in [4.69, 9.17) is 5.11 Å². The Balaban J connectivity index is 1.86. The quantitative estimate of drug-likeness (QED) is 0.929. The number of hydrogen-bond donors (Lipinski definition) is 1. The van der Waals surface area contributed by atoms with Gasteiger partial charge in [0.15, 0.2) is 5.82 Å². The summed E-state index contributed by atoms with van der Waals surface area (Å²) in [6.07, 6.45) is 3.36. The standard InChI is InChI=1S/C13H14N4O3S/c1-16-7-14-15-11(16)8-3-2-6-17(8)12(18)9-4-5-10(21-9)13(19)20/h4-5,7-8H,2-3,6H2,1H3,(H,19,20). The molecule has 0 aliphatic carbocycles. The molecule has 1 amide bonds. The summed E-state index contributed by atoms with van der Waals surface area (Å²) in [5.74, 6) is -0.390. The smallest absolute Gasteiger partial charge is 0.345 e. The Kier molecular flexibility index (Phi) is 3.46. The van der Waals surface area contributed by atoms with E-state index in [2.05, 4.69) is 10.2 Å². The van der Waals surface area contributed by atoms with Gasteiger partial charge in [0.2, 0.25) is 0 Å². The van der Waals surface area contributed by atoms with Crippen molar-refractivity contribution in [3.63, 3.8) is 0 Å². The molecule has 1 aliphatic rings. The predicted octanol–water partition coefficient (Wildman–Crippen LogP) is 1.55. The highest BCUT2D eigenvalue weighted by molar-refractivity contribution is 7.15. The van der Waals surface area contributed by atoms with Crippen molar-refractivity contribution in [3.05, 3.63) is 34.0 Å². The maximum Gasteiger partial charge on any atom is 0.345 e. The van der Waals surface area contributed by atoms with Crippen molar-refractivity contribution in [1.82, 2.24) is 19.7 Å². The van der Waals surface area contributed by atoms with Gasteiger partial charge >= 0.3 is 5.97 Å². The summed E-state index contributed by atoms with van der Waals surface area (Å²) >= 11 is 1.01. The fourth-order valence-electron chi connectivity index (χ4n) is 2.58. The van der Waals surface area contributed by atoms with Crippen molar-refractivity contribution in [2.75, 3.05) is 6.54 Å². The number of carboxylic acid groups (broad SMARTS) is 1. The van der Waals surface area contributed by atoms with Crippen LogP contribution in [0.4, 0.5) is 0 Å². The van der Waals surface area contributed by atoms with Crippen LogP contribution >= 0.6 is 11.3 Å². The molecule has 1 aliphatic heterocycles. The average molecular weight is 306 g/mol. The summed E-state index contributed by atoms with van der Waals surface area (Å²) in [5.41, 5.74) is 0. The van der Waals surface area contributed by atoms with E-state index in [1.54, 1.807) is 17.3 Å². The zero-order chi connectivity index (χ0) is 15.0. The molecule has 2 aromatic heterocycles. The van der Waals surface area contributed by atoms with Gasteiger partial charge in [0.1, 0.15) is 11.2 Å². The molecule has 1 fully saturated rings. The molecular weight excluding hydrogens is 292 g/mol. The van der Waals surface area contributed by atoms with Crippen molar-refractivity contribution < 1.29 is 14.7 Å². The molecule has 1 atom stereocenters. The van der Waals surface area contributed by atoms with E-state index in [0.717, 1.165) is 30.0 Å². The number of aryl methyl sites for hydroxylation is 1. The number of hydrogen-bond acceptors (Lipinski definition) is 5. The Bertz CT molecular complexity index is 693. The summed E-state index contributed by atoms with van der Waals surface area (Å²) < 4.78 is 1.81. The van der Waals surface area contributed by atoms with E-state index in [9.17, 15) is 9.59 Å². The Morgan fingerprint density at radius 1 is 1.38 bits per heavy atom. The molecule has 3 rings (SSSR count). The Hall–Kier alpha value is -2.22. The molecular formula is C13H14N4O3S. The van der Waals surface area contributed by atoms with Gasteiger partial charge in [-0.05, 0) is 25.0 Å². The van der Waals surface area contributed by atoms with Crippen molar-refractivity contribution in [1.29, 1.82) is 0 Å². The number of thiophene rings is 1. The molecule has 0 radical (unpaired) electrons. The van der Waals surface area contributed by atoms with Crippen molar-refractivity contribution in [3.8, 4) is 0 Å². The zero-order valence-corrected chi connectivity index (χ0v) is 12.2. The second-order valence-corrected chi connectivity index (χ2v) is 6.01. The first kappa shape index (κ1) is 13.7. The third-order valence-corrected chi connectivity index (χ3v) is 4.65. The van der Waals surface area contributed by atoms with Gasteiger partial charge in [0.05, 0.1) is 10.9 Å². The minimum atomic E-state index is -1.01. The van der Waals surface area contributed by atoms with Crippen molar-refractivity contribution in [2.24, 2.45) is 7.05 Å². The van der Waals surface area contributed by atoms with Crippen LogP contribution < -0.4 is 0 Å². The monoisotopic (exact) mass is 306 g/mol. The van der Waals surface area contributed by atoms with Gasteiger partial charge in [-0.3, -0.25) is 4.79 Å². The number of amides is 1. The van der Waals surface area contributed by atoms with E-state index in [0.29, 0.717) is 11.4 Å². The summed E-state index contributed by atoms with van der Waals surface area (Å²) in [4.78, 5) is 25.9. The number of nitrogens with zero attached hydrogens (tertiary/aromatic N) is 4. The van der Waals surface area contributed by atoms with Crippen LogP contribution in [0.5, 0.6) is 0 Å².